The average Bonchev–Trinajstić information content (AvgIpc) is 2.68. The molecule has 1 saturated heterocycles. The van der Waals surface area contributed by atoms with E-state index in [9.17, 15) is 13.2 Å². The second kappa shape index (κ2) is 4.72. The van der Waals surface area contributed by atoms with Crippen molar-refractivity contribution < 1.29 is 13.2 Å². The summed E-state index contributed by atoms with van der Waals surface area (Å²) >= 11 is 0. The summed E-state index contributed by atoms with van der Waals surface area (Å²) in [5.41, 5.74) is 1.45. The SMILES string of the molecule is CC(=O)c1ccccc1N(C)C1CCS(=O)(=O)C1. The number of carbonyl (C=O) groups excluding carboxylic acids is 1. The van der Waals surface area contributed by atoms with Gasteiger partial charge in [-0.05, 0) is 25.5 Å². The van der Waals surface area contributed by atoms with E-state index in [2.05, 4.69) is 0 Å². The third-order valence-electron chi connectivity index (χ3n) is 3.42. The second-order valence-electron chi connectivity index (χ2n) is 4.74. The number of rotatable bonds is 3. The lowest BCUT2D eigenvalue weighted by molar-refractivity contribution is 0.101. The first-order valence-electron chi connectivity index (χ1n) is 5.94. The molecular formula is C13H17NO3S. The number of nitrogens with zero attached hydrogens (tertiary/aromatic N) is 1. The predicted molar refractivity (Wildman–Crippen MR) is 71.9 cm³/mol. The molecule has 1 heterocycles. The quantitative estimate of drug-likeness (QED) is 0.779. The molecule has 1 unspecified atom stereocenters. The van der Waals surface area contributed by atoms with Gasteiger partial charge in [0.05, 0.1) is 11.5 Å². The lowest BCUT2D eigenvalue weighted by Gasteiger charge is -2.27. The van der Waals surface area contributed by atoms with E-state index in [1.54, 1.807) is 6.07 Å². The van der Waals surface area contributed by atoms with Crippen LogP contribution in [0, 0.1) is 0 Å². The Morgan fingerprint density at radius 2 is 2.00 bits per heavy atom. The van der Waals surface area contributed by atoms with Gasteiger partial charge >= 0.3 is 0 Å². The van der Waals surface area contributed by atoms with Crippen LogP contribution < -0.4 is 4.90 Å². The molecule has 1 aliphatic heterocycles. The molecule has 0 aromatic heterocycles. The Bertz CT molecular complexity index is 565. The monoisotopic (exact) mass is 267 g/mol. The number of carbonyl (C=O) groups is 1. The maximum Gasteiger partial charge on any atom is 0.161 e. The van der Waals surface area contributed by atoms with Crippen LogP contribution in [0.15, 0.2) is 24.3 Å². The summed E-state index contributed by atoms with van der Waals surface area (Å²) in [6.07, 6.45) is 0.630. The van der Waals surface area contributed by atoms with Gasteiger partial charge < -0.3 is 4.90 Å². The Morgan fingerprint density at radius 3 is 2.56 bits per heavy atom. The van der Waals surface area contributed by atoms with Gasteiger partial charge in [0, 0.05) is 24.3 Å². The van der Waals surface area contributed by atoms with Crippen LogP contribution in [0.5, 0.6) is 0 Å². The maximum atomic E-state index is 11.6. The molecule has 1 fully saturated rings. The molecule has 18 heavy (non-hydrogen) atoms. The van der Waals surface area contributed by atoms with Crippen LogP contribution in [0.1, 0.15) is 23.7 Å². The number of hydrogen-bond acceptors (Lipinski definition) is 4. The Kier molecular flexibility index (Phi) is 3.43. The van der Waals surface area contributed by atoms with Crippen molar-refractivity contribution in [3.05, 3.63) is 29.8 Å². The molecule has 5 heteroatoms. The second-order valence-corrected chi connectivity index (χ2v) is 6.97. The van der Waals surface area contributed by atoms with Crippen molar-refractivity contribution in [2.24, 2.45) is 0 Å². The van der Waals surface area contributed by atoms with E-state index in [0.717, 1.165) is 5.69 Å². The Balaban J connectivity index is 2.30. The molecule has 0 radical (unpaired) electrons. The van der Waals surface area contributed by atoms with E-state index in [4.69, 9.17) is 0 Å². The number of hydrogen-bond donors (Lipinski definition) is 0. The standard InChI is InChI=1S/C13H17NO3S/c1-10(15)12-5-3-4-6-13(12)14(2)11-7-8-18(16,17)9-11/h3-6,11H,7-9H2,1-2H3. The topological polar surface area (TPSA) is 54.5 Å². The summed E-state index contributed by atoms with van der Waals surface area (Å²) in [4.78, 5) is 13.5. The molecule has 0 amide bonds. The highest BCUT2D eigenvalue weighted by Gasteiger charge is 2.31. The molecule has 1 atom stereocenters. The summed E-state index contributed by atoms with van der Waals surface area (Å²) in [5.74, 6) is 0.415. The van der Waals surface area contributed by atoms with Gasteiger partial charge in [-0.15, -0.1) is 0 Å². The van der Waals surface area contributed by atoms with E-state index >= 15 is 0 Å². The summed E-state index contributed by atoms with van der Waals surface area (Å²) < 4.78 is 23.0. The highest BCUT2D eigenvalue weighted by molar-refractivity contribution is 7.91. The van der Waals surface area contributed by atoms with Crippen LogP contribution in [0.25, 0.3) is 0 Å². The largest absolute Gasteiger partial charge is 0.370 e. The number of benzene rings is 1. The molecule has 0 spiro atoms. The van der Waals surface area contributed by atoms with Crippen LogP contribution in [0.4, 0.5) is 5.69 Å². The van der Waals surface area contributed by atoms with E-state index in [0.29, 0.717) is 12.0 Å². The number of sulfone groups is 1. The van der Waals surface area contributed by atoms with Crippen molar-refractivity contribution in [1.82, 2.24) is 0 Å². The summed E-state index contributed by atoms with van der Waals surface area (Å²) in [5, 5.41) is 0. The Hall–Kier alpha value is -1.36. The van der Waals surface area contributed by atoms with Crippen LogP contribution >= 0.6 is 0 Å². The van der Waals surface area contributed by atoms with Crippen molar-refractivity contribution in [2.45, 2.75) is 19.4 Å². The maximum absolute atomic E-state index is 11.6. The third-order valence-corrected chi connectivity index (χ3v) is 5.17. The van der Waals surface area contributed by atoms with Crippen molar-refractivity contribution in [3.8, 4) is 0 Å². The first-order valence-corrected chi connectivity index (χ1v) is 7.76. The molecule has 98 valence electrons. The fourth-order valence-corrected chi connectivity index (χ4v) is 4.13. The average molecular weight is 267 g/mol. The highest BCUT2D eigenvalue weighted by Crippen LogP contribution is 2.26. The lowest BCUT2D eigenvalue weighted by atomic mass is 10.1. The van der Waals surface area contributed by atoms with Gasteiger partial charge in [-0.1, -0.05) is 12.1 Å². The highest BCUT2D eigenvalue weighted by atomic mass is 32.2. The van der Waals surface area contributed by atoms with Crippen molar-refractivity contribution in [3.63, 3.8) is 0 Å². The zero-order valence-electron chi connectivity index (χ0n) is 10.6. The van der Waals surface area contributed by atoms with Gasteiger partial charge in [-0.2, -0.15) is 0 Å². The van der Waals surface area contributed by atoms with E-state index in [-0.39, 0.29) is 23.3 Å². The number of ketones is 1. The van der Waals surface area contributed by atoms with Crippen molar-refractivity contribution in [2.75, 3.05) is 23.5 Å². The van der Waals surface area contributed by atoms with Gasteiger partial charge in [0.2, 0.25) is 0 Å². The first-order chi connectivity index (χ1) is 8.41. The van der Waals surface area contributed by atoms with E-state index < -0.39 is 9.84 Å². The summed E-state index contributed by atoms with van der Waals surface area (Å²) in [7, 11) is -1.05. The third kappa shape index (κ3) is 2.56. The van der Waals surface area contributed by atoms with Gasteiger partial charge in [0.1, 0.15) is 0 Å². The molecule has 0 N–H and O–H groups in total. The lowest BCUT2D eigenvalue weighted by Crippen LogP contribution is -2.33. The smallest absolute Gasteiger partial charge is 0.161 e. The number of para-hydroxylation sites is 1. The number of Topliss-reactive ketones (excluding diaryl/α,β-unsaturated/α-hetero) is 1. The minimum Gasteiger partial charge on any atom is -0.370 e. The van der Waals surface area contributed by atoms with Crippen LogP contribution in [-0.4, -0.2) is 38.8 Å². The van der Waals surface area contributed by atoms with Gasteiger partial charge in [0.25, 0.3) is 0 Å². The van der Waals surface area contributed by atoms with E-state index in [1.165, 1.54) is 6.92 Å². The molecule has 1 aromatic carbocycles. The Morgan fingerprint density at radius 1 is 1.33 bits per heavy atom. The predicted octanol–water partition coefficient (Wildman–Crippen LogP) is 1.51. The molecular weight excluding hydrogens is 250 g/mol. The van der Waals surface area contributed by atoms with Crippen LogP contribution in [0.2, 0.25) is 0 Å². The Labute approximate surface area is 108 Å². The minimum absolute atomic E-state index is 0.00157. The molecule has 2 rings (SSSR count). The zero-order valence-corrected chi connectivity index (χ0v) is 11.4. The summed E-state index contributed by atoms with van der Waals surface area (Å²) in [6, 6.07) is 7.29. The van der Waals surface area contributed by atoms with Crippen LogP contribution in [0.3, 0.4) is 0 Å². The molecule has 0 saturated carbocycles. The molecule has 0 bridgehead atoms. The van der Waals surface area contributed by atoms with Crippen molar-refractivity contribution >= 4 is 21.3 Å². The van der Waals surface area contributed by atoms with Crippen molar-refractivity contribution in [1.29, 1.82) is 0 Å². The molecule has 1 aromatic rings. The first kappa shape index (κ1) is 13.1. The fraction of sp³-hybridized carbons (Fsp3) is 0.462. The fourth-order valence-electron chi connectivity index (χ4n) is 2.36. The van der Waals surface area contributed by atoms with Gasteiger partial charge in [-0.3, -0.25) is 4.79 Å². The van der Waals surface area contributed by atoms with Gasteiger partial charge in [-0.25, -0.2) is 8.42 Å². The molecule has 0 aliphatic carbocycles. The molecule has 1 aliphatic rings. The summed E-state index contributed by atoms with van der Waals surface area (Å²) in [6.45, 7) is 1.53. The molecule has 4 nitrogen and oxygen atoms in total. The zero-order chi connectivity index (χ0) is 13.3. The van der Waals surface area contributed by atoms with Crippen LogP contribution in [-0.2, 0) is 9.84 Å². The number of anilines is 1. The normalized spacial score (nSPS) is 21.8. The van der Waals surface area contributed by atoms with Gasteiger partial charge in [0.15, 0.2) is 15.6 Å². The van der Waals surface area contributed by atoms with E-state index in [1.807, 2.05) is 30.1 Å². The minimum atomic E-state index is -2.91.